The van der Waals surface area contributed by atoms with Crippen LogP contribution in [0.2, 0.25) is 0 Å². The molecule has 1 aromatic heterocycles. The maximum atomic E-state index is 13.8. The van der Waals surface area contributed by atoms with Crippen molar-refractivity contribution in [3.63, 3.8) is 0 Å². The maximum Gasteiger partial charge on any atom is 0.284 e. The summed E-state index contributed by atoms with van der Waals surface area (Å²) < 4.78 is 27.1. The lowest BCUT2D eigenvalue weighted by Crippen LogP contribution is -2.39. The van der Waals surface area contributed by atoms with E-state index in [0.717, 1.165) is 23.2 Å². The SMILES string of the molecule is Cc1nnc(C(=O)N2CCC(C(O)c3cc(F)ccc3F)CC2)s1. The normalized spacial score (nSPS) is 17.1. The first kappa shape index (κ1) is 16.9. The van der Waals surface area contributed by atoms with Crippen molar-refractivity contribution < 1.29 is 18.7 Å². The lowest BCUT2D eigenvalue weighted by molar-refractivity contribution is 0.0448. The predicted octanol–water partition coefficient (Wildman–Crippen LogP) is 2.71. The minimum Gasteiger partial charge on any atom is -0.388 e. The molecule has 0 bridgehead atoms. The second kappa shape index (κ2) is 6.90. The zero-order chi connectivity index (χ0) is 17.3. The van der Waals surface area contributed by atoms with Gasteiger partial charge < -0.3 is 10.0 Å². The Labute approximate surface area is 141 Å². The number of aliphatic hydroxyl groups is 1. The molecule has 0 spiro atoms. The van der Waals surface area contributed by atoms with Gasteiger partial charge in [0.1, 0.15) is 16.6 Å². The zero-order valence-electron chi connectivity index (χ0n) is 13.1. The molecule has 1 fully saturated rings. The van der Waals surface area contributed by atoms with Crippen molar-refractivity contribution in [2.45, 2.75) is 25.9 Å². The van der Waals surface area contributed by atoms with Crippen molar-refractivity contribution >= 4 is 17.2 Å². The van der Waals surface area contributed by atoms with Gasteiger partial charge in [-0.25, -0.2) is 8.78 Å². The van der Waals surface area contributed by atoms with Gasteiger partial charge in [0, 0.05) is 18.7 Å². The first-order valence-corrected chi connectivity index (χ1v) is 8.49. The third-order valence-electron chi connectivity index (χ3n) is 4.26. The summed E-state index contributed by atoms with van der Waals surface area (Å²) in [5, 5.41) is 19.1. The van der Waals surface area contributed by atoms with Crippen LogP contribution in [0.1, 0.15) is 39.3 Å². The first-order valence-electron chi connectivity index (χ1n) is 7.68. The molecule has 1 atom stereocenters. The topological polar surface area (TPSA) is 66.3 Å². The molecule has 0 aliphatic carbocycles. The molecule has 5 nitrogen and oxygen atoms in total. The van der Waals surface area contributed by atoms with Crippen LogP contribution in [0.3, 0.4) is 0 Å². The van der Waals surface area contributed by atoms with E-state index >= 15 is 0 Å². The fourth-order valence-corrected chi connectivity index (χ4v) is 3.59. The Bertz CT molecular complexity index is 745. The number of likely N-dealkylation sites (tertiary alicyclic amines) is 1. The smallest absolute Gasteiger partial charge is 0.284 e. The highest BCUT2D eigenvalue weighted by Crippen LogP contribution is 2.32. The van der Waals surface area contributed by atoms with Crippen LogP contribution in [-0.2, 0) is 0 Å². The van der Waals surface area contributed by atoms with Crippen LogP contribution in [0.25, 0.3) is 0 Å². The van der Waals surface area contributed by atoms with E-state index < -0.39 is 17.7 Å². The molecule has 2 aromatic rings. The molecule has 1 unspecified atom stereocenters. The van der Waals surface area contributed by atoms with Crippen LogP contribution < -0.4 is 0 Å². The van der Waals surface area contributed by atoms with E-state index in [4.69, 9.17) is 0 Å². The standard InChI is InChI=1S/C16H17F2N3O2S/c1-9-19-20-15(24-9)16(23)21-6-4-10(5-7-21)14(22)12-8-11(17)2-3-13(12)18/h2-3,8,10,14,22H,4-7H2,1H3. The monoisotopic (exact) mass is 353 g/mol. The zero-order valence-corrected chi connectivity index (χ0v) is 13.9. The number of aromatic nitrogens is 2. The van der Waals surface area contributed by atoms with Crippen molar-refractivity contribution in [2.24, 2.45) is 5.92 Å². The summed E-state index contributed by atoms with van der Waals surface area (Å²) in [5.41, 5.74) is -0.0282. The molecule has 3 rings (SSSR count). The highest BCUT2D eigenvalue weighted by molar-refractivity contribution is 7.13. The van der Waals surface area contributed by atoms with E-state index in [-0.39, 0.29) is 17.4 Å². The number of benzene rings is 1. The van der Waals surface area contributed by atoms with Gasteiger partial charge in [0.2, 0.25) is 5.01 Å². The maximum absolute atomic E-state index is 13.8. The van der Waals surface area contributed by atoms with E-state index in [1.807, 2.05) is 0 Å². The summed E-state index contributed by atoms with van der Waals surface area (Å²) in [4.78, 5) is 14.0. The average molecular weight is 353 g/mol. The molecule has 1 saturated heterocycles. The largest absolute Gasteiger partial charge is 0.388 e. The summed E-state index contributed by atoms with van der Waals surface area (Å²) in [7, 11) is 0. The van der Waals surface area contributed by atoms with Crippen molar-refractivity contribution in [2.75, 3.05) is 13.1 Å². The fourth-order valence-electron chi connectivity index (χ4n) is 2.93. The lowest BCUT2D eigenvalue weighted by Gasteiger charge is -2.34. The minimum atomic E-state index is -1.08. The minimum absolute atomic E-state index is 0.0282. The number of amides is 1. The molecule has 24 heavy (non-hydrogen) atoms. The Morgan fingerprint density at radius 1 is 1.33 bits per heavy atom. The number of carbonyl (C=O) groups is 1. The highest BCUT2D eigenvalue weighted by Gasteiger charge is 2.31. The molecule has 1 N–H and O–H groups in total. The van der Waals surface area contributed by atoms with Crippen LogP contribution in [-0.4, -0.2) is 39.2 Å². The van der Waals surface area contributed by atoms with Crippen molar-refractivity contribution in [3.8, 4) is 0 Å². The van der Waals surface area contributed by atoms with Gasteiger partial charge in [-0.1, -0.05) is 11.3 Å². The third-order valence-corrected chi connectivity index (χ3v) is 5.09. The molecule has 1 aromatic carbocycles. The van der Waals surface area contributed by atoms with E-state index in [1.54, 1.807) is 11.8 Å². The molecular formula is C16H17F2N3O2S. The number of rotatable bonds is 3. The number of halogens is 2. The summed E-state index contributed by atoms with van der Waals surface area (Å²) in [6.45, 7) is 2.66. The summed E-state index contributed by atoms with van der Waals surface area (Å²) >= 11 is 1.24. The second-order valence-corrected chi connectivity index (χ2v) is 7.05. The van der Waals surface area contributed by atoms with Gasteiger partial charge in [0.15, 0.2) is 0 Å². The van der Waals surface area contributed by atoms with Gasteiger partial charge in [-0.05, 0) is 43.9 Å². The lowest BCUT2D eigenvalue weighted by atomic mass is 9.87. The van der Waals surface area contributed by atoms with Gasteiger partial charge >= 0.3 is 0 Å². The Kier molecular flexibility index (Phi) is 4.86. The van der Waals surface area contributed by atoms with Crippen LogP contribution in [0.15, 0.2) is 18.2 Å². The first-order chi connectivity index (χ1) is 11.5. The van der Waals surface area contributed by atoms with Crippen molar-refractivity contribution in [1.29, 1.82) is 0 Å². The van der Waals surface area contributed by atoms with E-state index in [9.17, 15) is 18.7 Å². The average Bonchev–Trinajstić information content (AvgIpc) is 3.02. The van der Waals surface area contributed by atoms with Crippen molar-refractivity contribution in [1.82, 2.24) is 15.1 Å². The molecule has 1 aliphatic rings. The summed E-state index contributed by atoms with van der Waals surface area (Å²) in [6.07, 6.45) is -0.0527. The number of aryl methyl sites for hydroxylation is 1. The van der Waals surface area contributed by atoms with Crippen LogP contribution in [0.4, 0.5) is 8.78 Å². The molecule has 8 heteroatoms. The fraction of sp³-hybridized carbons (Fsp3) is 0.438. The van der Waals surface area contributed by atoms with Gasteiger partial charge in [0.05, 0.1) is 6.10 Å². The summed E-state index contributed by atoms with van der Waals surface area (Å²) in [6, 6.07) is 3.07. The Balaban J connectivity index is 1.64. The van der Waals surface area contributed by atoms with Crippen molar-refractivity contribution in [3.05, 3.63) is 45.4 Å². The molecule has 0 saturated carbocycles. The summed E-state index contributed by atoms with van der Waals surface area (Å²) in [5.74, 6) is -1.59. The number of hydrogen-bond donors (Lipinski definition) is 1. The van der Waals surface area contributed by atoms with Gasteiger partial charge in [0.25, 0.3) is 5.91 Å². The number of carbonyl (C=O) groups excluding carboxylic acids is 1. The Morgan fingerprint density at radius 2 is 2.04 bits per heavy atom. The number of piperidine rings is 1. The number of nitrogens with zero attached hydrogens (tertiary/aromatic N) is 3. The molecular weight excluding hydrogens is 336 g/mol. The van der Waals surface area contributed by atoms with Crippen LogP contribution in [0.5, 0.6) is 0 Å². The Morgan fingerprint density at radius 3 is 2.67 bits per heavy atom. The Hall–Kier alpha value is -1.93. The quantitative estimate of drug-likeness (QED) is 0.921. The van der Waals surface area contributed by atoms with Gasteiger partial charge in [-0.3, -0.25) is 4.79 Å². The van der Waals surface area contributed by atoms with Gasteiger partial charge in [-0.2, -0.15) is 0 Å². The predicted molar refractivity (Wildman–Crippen MR) is 84.6 cm³/mol. The van der Waals surface area contributed by atoms with Gasteiger partial charge in [-0.15, -0.1) is 10.2 Å². The molecule has 128 valence electrons. The highest BCUT2D eigenvalue weighted by atomic mass is 32.1. The molecule has 0 radical (unpaired) electrons. The second-order valence-electron chi connectivity index (χ2n) is 5.87. The van der Waals surface area contributed by atoms with E-state index in [1.165, 1.54) is 11.3 Å². The van der Waals surface area contributed by atoms with Crippen LogP contribution in [0, 0.1) is 24.5 Å². The van der Waals surface area contributed by atoms with E-state index in [2.05, 4.69) is 10.2 Å². The number of aliphatic hydroxyl groups excluding tert-OH is 1. The van der Waals surface area contributed by atoms with E-state index in [0.29, 0.717) is 30.9 Å². The number of hydrogen-bond acceptors (Lipinski definition) is 5. The van der Waals surface area contributed by atoms with Crippen LogP contribution >= 0.6 is 11.3 Å². The molecule has 1 aliphatic heterocycles. The third kappa shape index (κ3) is 3.44. The molecule has 2 heterocycles. The molecule has 1 amide bonds.